The van der Waals surface area contributed by atoms with Crippen LogP contribution in [0.2, 0.25) is 0 Å². The zero-order chi connectivity index (χ0) is 28.1. The third-order valence-electron chi connectivity index (χ3n) is 5.70. The summed E-state index contributed by atoms with van der Waals surface area (Å²) >= 11 is 0. The Bertz CT molecular complexity index is 970. The van der Waals surface area contributed by atoms with E-state index in [4.69, 9.17) is 15.9 Å². The fourth-order valence-electron chi connectivity index (χ4n) is 3.36. The summed E-state index contributed by atoms with van der Waals surface area (Å²) in [5.74, 6) is -6.95. The van der Waals surface area contributed by atoms with Gasteiger partial charge in [-0.15, -0.1) is 0 Å². The highest BCUT2D eigenvalue weighted by molar-refractivity contribution is 5.95. The molecule has 13 nitrogen and oxygen atoms in total. The van der Waals surface area contributed by atoms with E-state index in [1.165, 1.54) is 0 Å². The summed E-state index contributed by atoms with van der Waals surface area (Å²) in [5.41, 5.74) is 6.23. The minimum atomic E-state index is -1.44. The van der Waals surface area contributed by atoms with E-state index >= 15 is 0 Å². The number of carboxylic acids is 3. The highest BCUT2D eigenvalue weighted by atomic mass is 16.4. The molecule has 13 heteroatoms. The summed E-state index contributed by atoms with van der Waals surface area (Å²) in [6.45, 7) is 3.36. The Morgan fingerprint density at radius 1 is 0.838 bits per heavy atom. The lowest BCUT2D eigenvalue weighted by molar-refractivity contribution is -0.144. The van der Waals surface area contributed by atoms with E-state index in [0.717, 1.165) is 0 Å². The summed E-state index contributed by atoms with van der Waals surface area (Å²) in [6.07, 6.45) is -1.13. The van der Waals surface area contributed by atoms with Crippen molar-refractivity contribution in [1.29, 1.82) is 0 Å². The zero-order valence-corrected chi connectivity index (χ0v) is 20.7. The van der Waals surface area contributed by atoms with Crippen molar-refractivity contribution in [1.82, 2.24) is 16.0 Å². The van der Waals surface area contributed by atoms with Gasteiger partial charge in [-0.1, -0.05) is 50.6 Å². The molecular weight excluding hydrogens is 488 g/mol. The summed E-state index contributed by atoms with van der Waals surface area (Å²) in [7, 11) is 0. The van der Waals surface area contributed by atoms with Gasteiger partial charge >= 0.3 is 17.9 Å². The molecule has 37 heavy (non-hydrogen) atoms. The van der Waals surface area contributed by atoms with Gasteiger partial charge in [-0.25, -0.2) is 4.79 Å². The predicted octanol–water partition coefficient (Wildman–Crippen LogP) is -0.519. The van der Waals surface area contributed by atoms with Crippen molar-refractivity contribution in [2.75, 3.05) is 0 Å². The summed E-state index contributed by atoms with van der Waals surface area (Å²) in [6, 6.07) is 3.08. The quantitative estimate of drug-likeness (QED) is 0.147. The van der Waals surface area contributed by atoms with Crippen molar-refractivity contribution in [2.24, 2.45) is 11.7 Å². The lowest BCUT2D eigenvalue weighted by Crippen LogP contribution is -2.58. The molecule has 0 saturated carbocycles. The van der Waals surface area contributed by atoms with Crippen LogP contribution in [0.3, 0.4) is 0 Å². The topological polar surface area (TPSA) is 225 Å². The van der Waals surface area contributed by atoms with E-state index in [2.05, 4.69) is 16.0 Å². The monoisotopic (exact) mass is 522 g/mol. The second-order valence-electron chi connectivity index (χ2n) is 8.66. The first kappa shape index (κ1) is 31.0. The molecule has 0 spiro atoms. The molecule has 3 amide bonds. The fourth-order valence-corrected chi connectivity index (χ4v) is 3.36. The summed E-state index contributed by atoms with van der Waals surface area (Å²) in [4.78, 5) is 72.2. The molecule has 0 fully saturated rings. The Labute approximate surface area is 213 Å². The van der Waals surface area contributed by atoms with Crippen LogP contribution in [0, 0.1) is 5.92 Å². The number of amides is 3. The second-order valence-corrected chi connectivity index (χ2v) is 8.66. The van der Waals surface area contributed by atoms with Crippen LogP contribution in [0.4, 0.5) is 0 Å². The molecule has 0 saturated heterocycles. The Morgan fingerprint density at radius 3 is 1.92 bits per heavy atom. The first-order chi connectivity index (χ1) is 17.3. The summed E-state index contributed by atoms with van der Waals surface area (Å²) < 4.78 is 0. The van der Waals surface area contributed by atoms with Gasteiger partial charge in [0.2, 0.25) is 17.7 Å². The molecule has 0 bridgehead atoms. The highest BCUT2D eigenvalue weighted by Crippen LogP contribution is 2.10. The lowest BCUT2D eigenvalue weighted by atomic mass is 9.98. The normalized spacial score (nSPS) is 14.8. The van der Waals surface area contributed by atoms with Gasteiger partial charge in [0.05, 0.1) is 12.5 Å². The number of nitrogens with two attached hydrogens (primary N) is 1. The van der Waals surface area contributed by atoms with Crippen molar-refractivity contribution in [3.63, 3.8) is 0 Å². The Hall–Kier alpha value is -4.00. The van der Waals surface area contributed by atoms with Crippen LogP contribution in [0.15, 0.2) is 30.3 Å². The van der Waals surface area contributed by atoms with Crippen LogP contribution in [0.25, 0.3) is 0 Å². The highest BCUT2D eigenvalue weighted by Gasteiger charge is 2.32. The third-order valence-corrected chi connectivity index (χ3v) is 5.70. The Morgan fingerprint density at radius 2 is 1.41 bits per heavy atom. The molecular formula is C24H34N4O9. The number of aliphatic carboxylic acids is 3. The average Bonchev–Trinajstić information content (AvgIpc) is 2.83. The summed E-state index contributed by atoms with van der Waals surface area (Å²) in [5, 5.41) is 34.6. The standard InChI is InChI=1S/C24H34N4O9/c1-3-13(2)20(24(36)37)28-22(34)16(9-10-18(29)30)26-23(35)17(11-14-7-5-4-6-8-14)27-21(33)15(25)12-19(31)32/h4-8,13,15-17,20H,3,9-12,25H2,1-2H3,(H,26,35)(H,27,33)(H,28,34)(H,29,30)(H,31,32)(H,36,37). The fraction of sp³-hybridized carbons (Fsp3) is 0.500. The van der Waals surface area contributed by atoms with Crippen LogP contribution < -0.4 is 21.7 Å². The molecule has 0 aliphatic heterocycles. The molecule has 0 radical (unpaired) electrons. The number of carboxylic acid groups (broad SMARTS) is 3. The largest absolute Gasteiger partial charge is 0.481 e. The molecule has 5 unspecified atom stereocenters. The maximum atomic E-state index is 13.2. The van der Waals surface area contributed by atoms with Gasteiger partial charge in [-0.3, -0.25) is 24.0 Å². The van der Waals surface area contributed by atoms with E-state index in [1.807, 2.05) is 0 Å². The van der Waals surface area contributed by atoms with Crippen LogP contribution in [-0.2, 0) is 35.2 Å². The average molecular weight is 523 g/mol. The van der Waals surface area contributed by atoms with Gasteiger partial charge in [-0.2, -0.15) is 0 Å². The minimum absolute atomic E-state index is 0.0455. The van der Waals surface area contributed by atoms with Gasteiger partial charge in [-0.05, 0) is 17.9 Å². The van der Waals surface area contributed by atoms with Crippen molar-refractivity contribution < 1.29 is 44.1 Å². The first-order valence-electron chi connectivity index (χ1n) is 11.7. The molecule has 1 rings (SSSR count). The minimum Gasteiger partial charge on any atom is -0.481 e. The van der Waals surface area contributed by atoms with E-state index in [-0.39, 0.29) is 12.8 Å². The van der Waals surface area contributed by atoms with Crippen LogP contribution in [0.5, 0.6) is 0 Å². The zero-order valence-electron chi connectivity index (χ0n) is 20.7. The molecule has 0 aromatic heterocycles. The van der Waals surface area contributed by atoms with Gasteiger partial charge in [0.1, 0.15) is 18.1 Å². The van der Waals surface area contributed by atoms with E-state index < -0.39 is 78.6 Å². The van der Waals surface area contributed by atoms with Crippen LogP contribution in [-0.4, -0.2) is 75.1 Å². The third kappa shape index (κ3) is 11.1. The van der Waals surface area contributed by atoms with E-state index in [9.17, 15) is 33.9 Å². The number of rotatable bonds is 16. The number of nitrogens with one attached hydrogen (secondary N) is 3. The number of hydrogen-bond donors (Lipinski definition) is 7. The van der Waals surface area contributed by atoms with Gasteiger partial charge in [0.15, 0.2) is 0 Å². The van der Waals surface area contributed by atoms with Crippen LogP contribution in [0.1, 0.15) is 45.1 Å². The number of benzene rings is 1. The number of carbonyl (C=O) groups is 6. The van der Waals surface area contributed by atoms with Crippen molar-refractivity contribution in [2.45, 2.75) is 70.1 Å². The first-order valence-corrected chi connectivity index (χ1v) is 11.7. The molecule has 1 aromatic rings. The van der Waals surface area contributed by atoms with Crippen molar-refractivity contribution in [3.05, 3.63) is 35.9 Å². The van der Waals surface area contributed by atoms with E-state index in [0.29, 0.717) is 12.0 Å². The molecule has 0 heterocycles. The maximum Gasteiger partial charge on any atom is 0.326 e. The Kier molecular flexibility index (Phi) is 12.7. The van der Waals surface area contributed by atoms with Crippen LogP contribution >= 0.6 is 0 Å². The SMILES string of the molecule is CCC(C)C(NC(=O)C(CCC(=O)O)NC(=O)C(Cc1ccccc1)NC(=O)C(N)CC(=O)O)C(=O)O. The van der Waals surface area contributed by atoms with Gasteiger partial charge < -0.3 is 37.0 Å². The lowest BCUT2D eigenvalue weighted by Gasteiger charge is -2.26. The predicted molar refractivity (Wildman–Crippen MR) is 130 cm³/mol. The molecule has 0 aliphatic carbocycles. The van der Waals surface area contributed by atoms with Crippen molar-refractivity contribution >= 4 is 35.6 Å². The maximum absolute atomic E-state index is 13.2. The van der Waals surface area contributed by atoms with Gasteiger partial charge in [0.25, 0.3) is 0 Å². The molecule has 0 aliphatic rings. The molecule has 1 aromatic carbocycles. The smallest absolute Gasteiger partial charge is 0.326 e. The van der Waals surface area contributed by atoms with E-state index in [1.54, 1.807) is 44.2 Å². The number of hydrogen-bond acceptors (Lipinski definition) is 7. The number of carbonyl (C=O) groups excluding carboxylic acids is 3. The van der Waals surface area contributed by atoms with Gasteiger partial charge in [0, 0.05) is 12.8 Å². The molecule has 5 atom stereocenters. The molecule has 204 valence electrons. The molecule has 8 N–H and O–H groups in total. The Balaban J connectivity index is 3.16. The van der Waals surface area contributed by atoms with Crippen molar-refractivity contribution in [3.8, 4) is 0 Å². The second kappa shape index (κ2) is 15.2.